The van der Waals surface area contributed by atoms with Gasteiger partial charge in [0, 0.05) is 10.5 Å². The molecule has 4 heteroatoms. The number of carbonyl (C=O) groups excluding carboxylic acids is 1. The molecular weight excluding hydrogens is 294 g/mol. The highest BCUT2D eigenvalue weighted by atomic mass is 79.9. The lowest BCUT2D eigenvalue weighted by Crippen LogP contribution is -2.42. The molecule has 0 fully saturated rings. The first-order valence-electron chi connectivity index (χ1n) is 6.29. The van der Waals surface area contributed by atoms with Crippen LogP contribution in [0.3, 0.4) is 0 Å². The van der Waals surface area contributed by atoms with E-state index in [1.54, 1.807) is 6.92 Å². The van der Waals surface area contributed by atoms with Crippen LogP contribution in [0.5, 0.6) is 5.75 Å². The fourth-order valence-corrected chi connectivity index (χ4v) is 1.85. The van der Waals surface area contributed by atoms with Crippen molar-refractivity contribution in [3.05, 3.63) is 28.7 Å². The Hall–Kier alpha value is -1.03. The largest absolute Gasteiger partial charge is 0.481 e. The third kappa shape index (κ3) is 4.69. The molecule has 1 N–H and O–H groups in total. The number of rotatable bonds is 6. The van der Waals surface area contributed by atoms with Crippen LogP contribution in [0.4, 0.5) is 0 Å². The fraction of sp³-hybridized carbons (Fsp3) is 0.500. The number of hydrogen-bond acceptors (Lipinski definition) is 2. The molecule has 0 aliphatic rings. The molecule has 0 aromatic heterocycles. The zero-order chi connectivity index (χ0) is 13.5. The first kappa shape index (κ1) is 15.0. The van der Waals surface area contributed by atoms with Crippen molar-refractivity contribution in [1.82, 2.24) is 5.32 Å². The second kappa shape index (κ2) is 7.41. The normalized spacial score (nSPS) is 12.3. The van der Waals surface area contributed by atoms with E-state index in [1.165, 1.54) is 0 Å². The van der Waals surface area contributed by atoms with Crippen LogP contribution in [0.1, 0.15) is 33.6 Å². The Kier molecular flexibility index (Phi) is 6.19. The average molecular weight is 314 g/mol. The summed E-state index contributed by atoms with van der Waals surface area (Å²) in [5.41, 5.74) is 0. The van der Waals surface area contributed by atoms with Crippen molar-refractivity contribution in [3.63, 3.8) is 0 Å². The van der Waals surface area contributed by atoms with Crippen molar-refractivity contribution in [2.24, 2.45) is 0 Å². The van der Waals surface area contributed by atoms with Gasteiger partial charge in [0.25, 0.3) is 5.91 Å². The van der Waals surface area contributed by atoms with Gasteiger partial charge in [-0.25, -0.2) is 0 Å². The van der Waals surface area contributed by atoms with Crippen molar-refractivity contribution in [1.29, 1.82) is 0 Å². The Bertz CT molecular complexity index is 374. The Balaban J connectivity index is 2.51. The van der Waals surface area contributed by atoms with Crippen LogP contribution in [-0.2, 0) is 4.79 Å². The quantitative estimate of drug-likeness (QED) is 0.872. The van der Waals surface area contributed by atoms with Gasteiger partial charge in [-0.1, -0.05) is 29.8 Å². The molecule has 0 spiro atoms. The van der Waals surface area contributed by atoms with E-state index in [4.69, 9.17) is 4.74 Å². The van der Waals surface area contributed by atoms with Gasteiger partial charge in [-0.3, -0.25) is 4.79 Å². The van der Waals surface area contributed by atoms with E-state index >= 15 is 0 Å². The predicted octanol–water partition coefficient (Wildman–Crippen LogP) is 3.52. The molecule has 1 amide bonds. The zero-order valence-electron chi connectivity index (χ0n) is 11.1. The highest BCUT2D eigenvalue weighted by molar-refractivity contribution is 9.10. The molecule has 18 heavy (non-hydrogen) atoms. The lowest BCUT2D eigenvalue weighted by molar-refractivity contribution is -0.128. The number of nitrogens with one attached hydrogen (secondary N) is 1. The lowest BCUT2D eigenvalue weighted by atomic mass is 10.1. The van der Waals surface area contributed by atoms with Crippen molar-refractivity contribution in [2.75, 3.05) is 0 Å². The number of ether oxygens (including phenoxy) is 1. The van der Waals surface area contributed by atoms with Crippen LogP contribution in [0.2, 0.25) is 0 Å². The Morgan fingerprint density at radius 2 is 1.83 bits per heavy atom. The zero-order valence-corrected chi connectivity index (χ0v) is 12.7. The Morgan fingerprint density at radius 3 is 2.33 bits per heavy atom. The Labute approximate surface area is 117 Å². The minimum absolute atomic E-state index is 0.0633. The van der Waals surface area contributed by atoms with E-state index in [-0.39, 0.29) is 11.9 Å². The first-order valence-corrected chi connectivity index (χ1v) is 7.08. The fourth-order valence-electron chi connectivity index (χ4n) is 1.58. The molecule has 0 heterocycles. The minimum atomic E-state index is -0.480. The lowest BCUT2D eigenvalue weighted by Gasteiger charge is -2.19. The van der Waals surface area contributed by atoms with E-state index in [0.29, 0.717) is 5.75 Å². The number of halogens is 1. The summed E-state index contributed by atoms with van der Waals surface area (Å²) in [7, 11) is 0. The maximum absolute atomic E-state index is 11.9. The van der Waals surface area contributed by atoms with Crippen LogP contribution in [-0.4, -0.2) is 18.1 Å². The molecule has 1 aromatic carbocycles. The summed E-state index contributed by atoms with van der Waals surface area (Å²) in [4.78, 5) is 11.9. The van der Waals surface area contributed by atoms with Crippen LogP contribution in [0, 0.1) is 0 Å². The summed E-state index contributed by atoms with van der Waals surface area (Å²) in [5.74, 6) is 0.636. The standard InChI is InChI=1S/C14H20BrNO2/c1-4-12(5-2)16-14(17)10(3)18-13-8-6-11(15)7-9-13/h6-10,12H,4-5H2,1-3H3,(H,16,17). The van der Waals surface area contributed by atoms with E-state index in [9.17, 15) is 4.79 Å². The van der Waals surface area contributed by atoms with Gasteiger partial charge in [0.15, 0.2) is 6.10 Å². The number of carbonyl (C=O) groups is 1. The SMILES string of the molecule is CCC(CC)NC(=O)C(C)Oc1ccc(Br)cc1. The van der Waals surface area contributed by atoms with Gasteiger partial charge in [0.1, 0.15) is 5.75 Å². The summed E-state index contributed by atoms with van der Waals surface area (Å²) < 4.78 is 6.58. The van der Waals surface area contributed by atoms with Gasteiger partial charge in [0.2, 0.25) is 0 Å². The van der Waals surface area contributed by atoms with Gasteiger partial charge in [-0.2, -0.15) is 0 Å². The molecule has 0 saturated carbocycles. The summed E-state index contributed by atoms with van der Waals surface area (Å²) in [5, 5.41) is 2.97. The van der Waals surface area contributed by atoms with Gasteiger partial charge in [-0.15, -0.1) is 0 Å². The van der Waals surface area contributed by atoms with Crippen LogP contribution in [0.15, 0.2) is 28.7 Å². The molecule has 100 valence electrons. The molecule has 0 bridgehead atoms. The molecule has 3 nitrogen and oxygen atoms in total. The number of amides is 1. The Morgan fingerprint density at radius 1 is 1.28 bits per heavy atom. The highest BCUT2D eigenvalue weighted by Crippen LogP contribution is 2.17. The molecule has 0 aliphatic carbocycles. The van der Waals surface area contributed by atoms with Crippen LogP contribution in [0.25, 0.3) is 0 Å². The monoisotopic (exact) mass is 313 g/mol. The summed E-state index contributed by atoms with van der Waals surface area (Å²) >= 11 is 3.36. The molecule has 0 saturated heterocycles. The van der Waals surface area contributed by atoms with Crippen molar-refractivity contribution >= 4 is 21.8 Å². The average Bonchev–Trinajstić information content (AvgIpc) is 2.38. The summed E-state index contributed by atoms with van der Waals surface area (Å²) in [6.45, 7) is 5.89. The molecular formula is C14H20BrNO2. The van der Waals surface area contributed by atoms with E-state index in [2.05, 4.69) is 35.1 Å². The highest BCUT2D eigenvalue weighted by Gasteiger charge is 2.17. The van der Waals surface area contributed by atoms with E-state index in [0.717, 1.165) is 17.3 Å². The van der Waals surface area contributed by atoms with Gasteiger partial charge in [-0.05, 0) is 44.0 Å². The second-order valence-electron chi connectivity index (χ2n) is 4.24. The second-order valence-corrected chi connectivity index (χ2v) is 5.15. The third-order valence-corrected chi connectivity index (χ3v) is 3.36. The third-order valence-electron chi connectivity index (χ3n) is 2.83. The molecule has 0 aliphatic heterocycles. The predicted molar refractivity (Wildman–Crippen MR) is 76.7 cm³/mol. The molecule has 1 unspecified atom stereocenters. The molecule has 1 rings (SSSR count). The van der Waals surface area contributed by atoms with Crippen molar-refractivity contribution in [2.45, 2.75) is 45.8 Å². The number of benzene rings is 1. The van der Waals surface area contributed by atoms with E-state index in [1.807, 2.05) is 24.3 Å². The first-order chi connectivity index (χ1) is 8.56. The maximum Gasteiger partial charge on any atom is 0.260 e. The van der Waals surface area contributed by atoms with Gasteiger partial charge >= 0.3 is 0 Å². The van der Waals surface area contributed by atoms with Gasteiger partial charge in [0.05, 0.1) is 0 Å². The molecule has 0 radical (unpaired) electrons. The van der Waals surface area contributed by atoms with Crippen LogP contribution >= 0.6 is 15.9 Å². The van der Waals surface area contributed by atoms with Crippen molar-refractivity contribution in [3.8, 4) is 5.75 Å². The molecule has 1 aromatic rings. The van der Waals surface area contributed by atoms with E-state index < -0.39 is 6.10 Å². The van der Waals surface area contributed by atoms with Crippen molar-refractivity contribution < 1.29 is 9.53 Å². The number of hydrogen-bond donors (Lipinski definition) is 1. The summed E-state index contributed by atoms with van der Waals surface area (Å²) in [6.07, 6.45) is 1.40. The minimum Gasteiger partial charge on any atom is -0.481 e. The van der Waals surface area contributed by atoms with Crippen LogP contribution < -0.4 is 10.1 Å². The smallest absolute Gasteiger partial charge is 0.260 e. The van der Waals surface area contributed by atoms with Gasteiger partial charge < -0.3 is 10.1 Å². The topological polar surface area (TPSA) is 38.3 Å². The summed E-state index contributed by atoms with van der Waals surface area (Å²) in [6, 6.07) is 7.69. The maximum atomic E-state index is 11.9. The molecule has 1 atom stereocenters.